The number of rotatable bonds is 2. The van der Waals surface area contributed by atoms with Crippen LogP contribution in [0, 0.1) is 0 Å². The van der Waals surface area contributed by atoms with Gasteiger partial charge in [-0.2, -0.15) is 0 Å². The van der Waals surface area contributed by atoms with Gasteiger partial charge < -0.3 is 0 Å². The molecule has 0 spiro atoms. The summed E-state index contributed by atoms with van der Waals surface area (Å²) in [6.45, 7) is 0. The second kappa shape index (κ2) is 3.01. The summed E-state index contributed by atoms with van der Waals surface area (Å²) in [4.78, 5) is 0. The summed E-state index contributed by atoms with van der Waals surface area (Å²) < 4.78 is 21.2. The summed E-state index contributed by atoms with van der Waals surface area (Å²) in [5.41, 5.74) is 4.86. The standard InChI is InChI=1S/CH4N2O2SSe/c2-1(7)3-6(4)5/h6H,(H3,2,3,4,5,7). The van der Waals surface area contributed by atoms with Gasteiger partial charge in [-0.05, 0) is 0 Å². The molecule has 42 valence electrons. The molecular weight excluding hydrogens is 183 g/mol. The van der Waals surface area contributed by atoms with E-state index in [0.717, 1.165) is 0 Å². The van der Waals surface area contributed by atoms with Crippen LogP contribution < -0.4 is 10.5 Å². The molecule has 0 aromatic carbocycles. The molecule has 0 rings (SSSR count). The van der Waals surface area contributed by atoms with Gasteiger partial charge in [0.05, 0.1) is 0 Å². The molecule has 4 nitrogen and oxygen atoms in total. The molecule has 0 saturated heterocycles. The Morgan fingerprint density at radius 1 is 1.71 bits per heavy atom. The normalized spacial score (nSPS) is 8.71. The first-order chi connectivity index (χ1) is 3.13. The first kappa shape index (κ1) is 6.94. The quantitative estimate of drug-likeness (QED) is 0.326. The molecule has 0 aromatic heterocycles. The fraction of sp³-hybridized carbons (Fsp3) is 0. The van der Waals surface area contributed by atoms with Crippen molar-refractivity contribution in [3.8, 4) is 0 Å². The maximum absolute atomic E-state index is 9.61. The van der Waals surface area contributed by atoms with Crippen LogP contribution in [0.15, 0.2) is 0 Å². The summed E-state index contributed by atoms with van der Waals surface area (Å²) in [6, 6.07) is 0. The average molecular weight is 187 g/mol. The van der Waals surface area contributed by atoms with Gasteiger partial charge in [0.15, 0.2) is 0 Å². The van der Waals surface area contributed by atoms with E-state index < -0.39 is 10.9 Å². The van der Waals surface area contributed by atoms with Crippen molar-refractivity contribution in [3.63, 3.8) is 0 Å². The number of nitrogens with two attached hydrogens (primary N) is 1. The van der Waals surface area contributed by atoms with Gasteiger partial charge in [-0.3, -0.25) is 0 Å². The molecule has 0 unspecified atom stereocenters. The second-order valence-corrected chi connectivity index (χ2v) is 2.39. The van der Waals surface area contributed by atoms with Gasteiger partial charge in [-0.15, -0.1) is 0 Å². The minimum atomic E-state index is -2.58. The maximum atomic E-state index is 9.61. The fourth-order valence-corrected chi connectivity index (χ4v) is 0.739. The van der Waals surface area contributed by atoms with Gasteiger partial charge in [0.25, 0.3) is 0 Å². The molecule has 0 bridgehead atoms. The predicted molar refractivity (Wildman–Crippen MR) is 28.4 cm³/mol. The van der Waals surface area contributed by atoms with Gasteiger partial charge in [0.2, 0.25) is 0 Å². The van der Waals surface area contributed by atoms with E-state index in [2.05, 4.69) is 15.6 Å². The van der Waals surface area contributed by atoms with Gasteiger partial charge in [-0.25, -0.2) is 0 Å². The third kappa shape index (κ3) is 5.94. The molecule has 6 heteroatoms. The Kier molecular flexibility index (Phi) is 2.98. The van der Waals surface area contributed by atoms with Crippen molar-refractivity contribution in [3.05, 3.63) is 0 Å². The van der Waals surface area contributed by atoms with Crippen LogP contribution in [0.4, 0.5) is 0 Å². The van der Waals surface area contributed by atoms with Crippen LogP contribution in [0.2, 0.25) is 0 Å². The number of hydrogen-bond acceptors (Lipinski definition) is 3. The van der Waals surface area contributed by atoms with Crippen LogP contribution in [0.5, 0.6) is 0 Å². The van der Waals surface area contributed by atoms with Gasteiger partial charge in [0, 0.05) is 0 Å². The number of nitrogens with one attached hydrogen (secondary N) is 1. The first-order valence-electron chi connectivity index (χ1n) is 1.33. The van der Waals surface area contributed by atoms with Gasteiger partial charge >= 0.3 is 50.0 Å². The zero-order valence-electron chi connectivity index (χ0n) is 3.25. The Balaban J connectivity index is 3.53. The van der Waals surface area contributed by atoms with Crippen molar-refractivity contribution >= 4 is 31.1 Å². The summed E-state index contributed by atoms with van der Waals surface area (Å²) in [6.07, 6.45) is 0. The van der Waals surface area contributed by atoms with Gasteiger partial charge in [-0.1, -0.05) is 0 Å². The molecular formula is CH4N2O2SSe. The zero-order chi connectivity index (χ0) is 5.86. The van der Waals surface area contributed by atoms with Crippen molar-refractivity contribution in [2.24, 2.45) is 5.73 Å². The Hall–Kier alpha value is -0.0605. The van der Waals surface area contributed by atoms with E-state index in [1.54, 1.807) is 0 Å². The Labute approximate surface area is 50.5 Å². The average Bonchev–Trinajstić information content (AvgIpc) is 1.27. The molecule has 0 aliphatic carbocycles. The molecule has 0 aliphatic rings. The topological polar surface area (TPSA) is 72.2 Å². The molecule has 0 amide bonds. The third-order valence-electron chi connectivity index (χ3n) is 0.201. The van der Waals surface area contributed by atoms with E-state index in [9.17, 15) is 8.42 Å². The van der Waals surface area contributed by atoms with Crippen LogP contribution in [0.3, 0.4) is 0 Å². The van der Waals surface area contributed by atoms with Crippen LogP contribution >= 0.6 is 0 Å². The number of thiol groups is 1. The van der Waals surface area contributed by atoms with Crippen LogP contribution in [-0.2, 0) is 10.9 Å². The van der Waals surface area contributed by atoms with E-state index in [0.29, 0.717) is 0 Å². The molecule has 0 saturated carbocycles. The Morgan fingerprint density at radius 3 is 2.14 bits per heavy atom. The van der Waals surface area contributed by atoms with Crippen LogP contribution in [0.25, 0.3) is 0 Å². The molecule has 7 heavy (non-hydrogen) atoms. The van der Waals surface area contributed by atoms with Crippen molar-refractivity contribution in [1.82, 2.24) is 4.72 Å². The van der Waals surface area contributed by atoms with Crippen molar-refractivity contribution in [2.45, 2.75) is 0 Å². The van der Waals surface area contributed by atoms with Gasteiger partial charge in [0.1, 0.15) is 0 Å². The van der Waals surface area contributed by atoms with Crippen LogP contribution in [0.1, 0.15) is 0 Å². The van der Waals surface area contributed by atoms with Crippen molar-refractivity contribution in [2.75, 3.05) is 0 Å². The Morgan fingerprint density at radius 2 is 2.14 bits per heavy atom. The molecule has 0 atom stereocenters. The first-order valence-corrected chi connectivity index (χ1v) is 3.37. The van der Waals surface area contributed by atoms with E-state index in [1.807, 2.05) is 4.72 Å². The molecule has 0 aliphatic heterocycles. The Bertz CT molecular complexity index is 133. The second-order valence-electron chi connectivity index (χ2n) is 0.733. The number of hydrogen-bond donors (Lipinski definition) is 3. The van der Waals surface area contributed by atoms with Crippen molar-refractivity contribution in [1.29, 1.82) is 0 Å². The summed E-state index contributed by atoms with van der Waals surface area (Å²) in [5, 5.41) is 0. The zero-order valence-corrected chi connectivity index (χ0v) is 5.86. The molecule has 0 aromatic rings. The fourth-order valence-electron chi connectivity index (χ4n) is 0.0900. The van der Waals surface area contributed by atoms with E-state index >= 15 is 0 Å². The van der Waals surface area contributed by atoms with E-state index in [1.165, 1.54) is 0 Å². The van der Waals surface area contributed by atoms with Crippen molar-refractivity contribution < 1.29 is 8.42 Å². The molecule has 0 radical (unpaired) electrons. The SMILES string of the molecule is NC(=[Se])N[SH](=O)=O. The molecule has 0 fully saturated rings. The molecule has 3 N–H and O–H groups in total. The minimum absolute atomic E-state index is 0.0658. The summed E-state index contributed by atoms with van der Waals surface area (Å²) in [7, 11) is -2.58. The van der Waals surface area contributed by atoms with Crippen LogP contribution in [-0.4, -0.2) is 28.7 Å². The predicted octanol–water partition coefficient (Wildman–Crippen LogP) is -2.68. The van der Waals surface area contributed by atoms with E-state index in [4.69, 9.17) is 5.73 Å². The molecule has 0 heterocycles. The van der Waals surface area contributed by atoms with E-state index in [-0.39, 0.29) is 4.67 Å². The monoisotopic (exact) mass is 188 g/mol. The summed E-state index contributed by atoms with van der Waals surface area (Å²) in [5.74, 6) is 0. The third-order valence-corrected chi connectivity index (χ3v) is 1.18. The summed E-state index contributed by atoms with van der Waals surface area (Å²) >= 11 is 2.27.